The number of ether oxygens (including phenoxy) is 1. The average molecular weight is 255 g/mol. The normalized spacial score (nSPS) is 26.8. The molecule has 0 heterocycles. The van der Waals surface area contributed by atoms with Crippen molar-refractivity contribution >= 4 is 17.7 Å². The van der Waals surface area contributed by atoms with E-state index in [0.29, 0.717) is 0 Å². The van der Waals surface area contributed by atoms with Crippen LogP contribution in [0.5, 0.6) is 0 Å². The molecule has 0 bridgehead atoms. The molecule has 0 aromatic heterocycles. The summed E-state index contributed by atoms with van der Waals surface area (Å²) in [5.74, 6) is -0.235. The Bertz CT molecular complexity index is 275. The number of hydrogen-bond donors (Lipinski definition) is 0. The highest BCUT2D eigenvalue weighted by molar-refractivity contribution is 8.04. The van der Waals surface area contributed by atoms with Gasteiger partial charge >= 0.3 is 5.97 Å². The molecule has 0 aromatic carbocycles. The van der Waals surface area contributed by atoms with Crippen molar-refractivity contribution in [3.8, 4) is 5.40 Å². The number of hydrogen-bond acceptors (Lipinski definition) is 4. The van der Waals surface area contributed by atoms with Crippen molar-refractivity contribution in [3.05, 3.63) is 0 Å². The van der Waals surface area contributed by atoms with E-state index in [9.17, 15) is 4.79 Å². The van der Waals surface area contributed by atoms with Crippen LogP contribution in [0.25, 0.3) is 0 Å². The van der Waals surface area contributed by atoms with E-state index in [1.54, 1.807) is 0 Å². The van der Waals surface area contributed by atoms with E-state index in [4.69, 9.17) is 10.00 Å². The molecule has 2 atom stereocenters. The lowest BCUT2D eigenvalue weighted by atomic mass is 9.92. The summed E-state index contributed by atoms with van der Waals surface area (Å²) >= 11 is 1.25. The first kappa shape index (κ1) is 14.4. The maximum absolute atomic E-state index is 11.8. The van der Waals surface area contributed by atoms with Gasteiger partial charge in [0.2, 0.25) is 0 Å². The van der Waals surface area contributed by atoms with E-state index in [1.165, 1.54) is 44.6 Å². The van der Waals surface area contributed by atoms with Gasteiger partial charge in [-0.25, -0.2) is 0 Å². The number of rotatable bonds is 2. The second-order valence-electron chi connectivity index (χ2n) is 4.58. The number of nitrogens with zero attached hydrogens (tertiary/aromatic N) is 1. The molecule has 1 rings (SSSR count). The second-order valence-corrected chi connectivity index (χ2v) is 5.60. The SMILES string of the molecule is COC(=O)C1CCCCCCCCC1SC#N. The first-order chi connectivity index (χ1) is 8.29. The van der Waals surface area contributed by atoms with Crippen LogP contribution in [0.3, 0.4) is 0 Å². The molecule has 4 heteroatoms. The van der Waals surface area contributed by atoms with Crippen molar-refractivity contribution in [3.63, 3.8) is 0 Å². The van der Waals surface area contributed by atoms with Crippen molar-refractivity contribution in [1.82, 2.24) is 0 Å². The average Bonchev–Trinajstić information content (AvgIpc) is 2.36. The van der Waals surface area contributed by atoms with Gasteiger partial charge in [-0.1, -0.05) is 38.5 Å². The van der Waals surface area contributed by atoms with Crippen LogP contribution < -0.4 is 0 Å². The molecule has 0 saturated heterocycles. The molecular weight excluding hydrogens is 234 g/mol. The predicted octanol–water partition coefficient (Wildman–Crippen LogP) is 3.49. The van der Waals surface area contributed by atoms with Crippen molar-refractivity contribution in [2.45, 2.75) is 56.6 Å². The Hall–Kier alpha value is -0.690. The van der Waals surface area contributed by atoms with E-state index < -0.39 is 0 Å². The zero-order chi connectivity index (χ0) is 12.5. The van der Waals surface area contributed by atoms with E-state index in [2.05, 4.69) is 5.40 Å². The lowest BCUT2D eigenvalue weighted by Gasteiger charge is -2.23. The number of carbonyl (C=O) groups is 1. The Morgan fingerprint density at radius 2 is 1.76 bits per heavy atom. The third-order valence-electron chi connectivity index (χ3n) is 3.41. The highest BCUT2D eigenvalue weighted by Gasteiger charge is 2.29. The van der Waals surface area contributed by atoms with Gasteiger partial charge in [0, 0.05) is 5.25 Å². The fourth-order valence-corrected chi connectivity index (χ4v) is 3.27. The maximum atomic E-state index is 11.8. The minimum absolute atomic E-state index is 0.0947. The molecule has 1 fully saturated rings. The number of carbonyl (C=O) groups excluding carboxylic acids is 1. The van der Waals surface area contributed by atoms with Crippen LogP contribution in [0, 0.1) is 16.6 Å². The minimum Gasteiger partial charge on any atom is -0.469 e. The zero-order valence-corrected chi connectivity index (χ0v) is 11.3. The molecule has 0 aliphatic heterocycles. The molecular formula is C13H21NO2S. The van der Waals surface area contributed by atoms with Crippen LogP contribution in [0.4, 0.5) is 0 Å². The van der Waals surface area contributed by atoms with Crippen LogP contribution in [0.15, 0.2) is 0 Å². The highest BCUT2D eigenvalue weighted by atomic mass is 32.2. The van der Waals surface area contributed by atoms with E-state index in [1.807, 2.05) is 0 Å². The Labute approximate surface area is 108 Å². The molecule has 96 valence electrons. The molecule has 0 radical (unpaired) electrons. The van der Waals surface area contributed by atoms with Gasteiger partial charge in [0.15, 0.2) is 0 Å². The molecule has 1 aliphatic rings. The Morgan fingerprint density at radius 1 is 1.18 bits per heavy atom. The first-order valence-electron chi connectivity index (χ1n) is 6.42. The van der Waals surface area contributed by atoms with Crippen molar-refractivity contribution in [1.29, 1.82) is 5.26 Å². The summed E-state index contributed by atoms with van der Waals surface area (Å²) in [5, 5.41) is 11.1. The summed E-state index contributed by atoms with van der Waals surface area (Å²) in [7, 11) is 1.44. The molecule has 1 aliphatic carbocycles. The fraction of sp³-hybridized carbons (Fsp3) is 0.846. The van der Waals surface area contributed by atoms with Crippen LogP contribution >= 0.6 is 11.8 Å². The van der Waals surface area contributed by atoms with Crippen LogP contribution in [-0.4, -0.2) is 18.3 Å². The first-order valence-corrected chi connectivity index (χ1v) is 7.30. The van der Waals surface area contributed by atoms with Crippen LogP contribution in [0.1, 0.15) is 51.4 Å². The number of methoxy groups -OCH3 is 1. The van der Waals surface area contributed by atoms with Gasteiger partial charge in [-0.15, -0.1) is 0 Å². The maximum Gasteiger partial charge on any atom is 0.309 e. The molecule has 0 spiro atoms. The quantitative estimate of drug-likeness (QED) is 0.560. The van der Waals surface area contributed by atoms with Gasteiger partial charge < -0.3 is 4.74 Å². The largest absolute Gasteiger partial charge is 0.469 e. The Kier molecular flexibility index (Phi) is 7.11. The van der Waals surface area contributed by atoms with E-state index in [0.717, 1.165) is 25.7 Å². The number of thioether (sulfide) groups is 1. The highest BCUT2D eigenvalue weighted by Crippen LogP contribution is 2.30. The van der Waals surface area contributed by atoms with Crippen LogP contribution in [-0.2, 0) is 9.53 Å². The summed E-state index contributed by atoms with van der Waals surface area (Å²) in [4.78, 5) is 11.8. The predicted molar refractivity (Wildman–Crippen MR) is 69.4 cm³/mol. The van der Waals surface area contributed by atoms with E-state index in [-0.39, 0.29) is 17.1 Å². The molecule has 2 unspecified atom stereocenters. The topological polar surface area (TPSA) is 50.1 Å². The summed E-state index contributed by atoms with van der Waals surface area (Å²) in [6.07, 6.45) is 8.98. The van der Waals surface area contributed by atoms with Gasteiger partial charge in [-0.05, 0) is 24.6 Å². The monoisotopic (exact) mass is 255 g/mol. The fourth-order valence-electron chi connectivity index (χ4n) is 2.43. The van der Waals surface area contributed by atoms with Gasteiger partial charge in [-0.3, -0.25) is 4.79 Å². The Balaban J connectivity index is 2.66. The number of thiocyanates is 1. The van der Waals surface area contributed by atoms with Crippen molar-refractivity contribution in [2.24, 2.45) is 5.92 Å². The van der Waals surface area contributed by atoms with Gasteiger partial charge in [-0.2, -0.15) is 5.26 Å². The summed E-state index contributed by atoms with van der Waals surface area (Å²) in [6, 6.07) is 0. The molecule has 0 N–H and O–H groups in total. The van der Waals surface area contributed by atoms with Crippen molar-refractivity contribution in [2.75, 3.05) is 7.11 Å². The number of esters is 1. The lowest BCUT2D eigenvalue weighted by Crippen LogP contribution is -2.27. The number of nitriles is 1. The van der Waals surface area contributed by atoms with Crippen molar-refractivity contribution < 1.29 is 9.53 Å². The molecule has 3 nitrogen and oxygen atoms in total. The van der Waals surface area contributed by atoms with Crippen LogP contribution in [0.2, 0.25) is 0 Å². The van der Waals surface area contributed by atoms with E-state index >= 15 is 0 Å². The minimum atomic E-state index is -0.140. The van der Waals surface area contributed by atoms with Gasteiger partial charge in [0.1, 0.15) is 5.40 Å². The summed E-state index contributed by atoms with van der Waals surface area (Å²) in [6.45, 7) is 0. The summed E-state index contributed by atoms with van der Waals surface area (Å²) in [5.41, 5.74) is 0. The lowest BCUT2D eigenvalue weighted by molar-refractivity contribution is -0.145. The van der Waals surface area contributed by atoms with Gasteiger partial charge in [0.25, 0.3) is 0 Å². The molecule has 0 aromatic rings. The molecule has 17 heavy (non-hydrogen) atoms. The smallest absolute Gasteiger partial charge is 0.309 e. The summed E-state index contributed by atoms with van der Waals surface area (Å²) < 4.78 is 4.87. The zero-order valence-electron chi connectivity index (χ0n) is 10.5. The van der Waals surface area contributed by atoms with Gasteiger partial charge in [0.05, 0.1) is 13.0 Å². The third kappa shape index (κ3) is 4.99. The Morgan fingerprint density at radius 3 is 2.35 bits per heavy atom. The molecule has 1 saturated carbocycles. The standard InChI is InChI=1S/C13H21NO2S/c1-16-13(15)11-8-6-4-2-3-5-7-9-12(11)17-10-14/h11-12H,2-9H2,1H3. The second kappa shape index (κ2) is 8.41. The third-order valence-corrected chi connectivity index (χ3v) is 4.38. The molecule has 0 amide bonds.